The summed E-state index contributed by atoms with van der Waals surface area (Å²) in [5, 5.41) is 11.2. The highest BCUT2D eigenvalue weighted by molar-refractivity contribution is 5.93. The molecule has 1 aromatic rings. The third kappa shape index (κ3) is 4.90. The average molecular weight is 254 g/mol. The summed E-state index contributed by atoms with van der Waals surface area (Å²) < 4.78 is 12.5. The van der Waals surface area contributed by atoms with Gasteiger partial charge in [-0.05, 0) is 24.5 Å². The second-order valence-electron chi connectivity index (χ2n) is 4.12. The van der Waals surface area contributed by atoms with Crippen LogP contribution in [-0.4, -0.2) is 28.5 Å². The Morgan fingerprint density at radius 1 is 1.50 bits per heavy atom. The van der Waals surface area contributed by atoms with Crippen molar-refractivity contribution in [3.63, 3.8) is 0 Å². The van der Waals surface area contributed by atoms with Crippen LogP contribution >= 0.6 is 0 Å². The minimum absolute atomic E-state index is 0.0680. The molecule has 98 valence electrons. The molecule has 1 rings (SSSR count). The Labute approximate surface area is 104 Å². The molecule has 0 spiro atoms. The summed E-state index contributed by atoms with van der Waals surface area (Å²) in [6, 6.07) is 2.46. The van der Waals surface area contributed by atoms with E-state index in [2.05, 4.69) is 10.3 Å². The Balaban J connectivity index is 2.36. The topological polar surface area (TPSA) is 79.3 Å². The molecule has 0 radical (unpaired) electrons. The molecule has 0 aliphatic rings. The first-order chi connectivity index (χ1) is 8.49. The number of amides is 1. The molecule has 1 heterocycles. The van der Waals surface area contributed by atoms with E-state index in [1.165, 1.54) is 6.07 Å². The first-order valence-corrected chi connectivity index (χ1v) is 5.60. The van der Waals surface area contributed by atoms with Crippen molar-refractivity contribution in [1.82, 2.24) is 10.3 Å². The normalized spacial score (nSPS) is 11.9. The fraction of sp³-hybridized carbons (Fsp3) is 0.417. The van der Waals surface area contributed by atoms with Gasteiger partial charge in [0.05, 0.1) is 5.56 Å². The Hall–Kier alpha value is -1.98. The van der Waals surface area contributed by atoms with Crippen molar-refractivity contribution in [3.8, 4) is 0 Å². The van der Waals surface area contributed by atoms with Gasteiger partial charge in [0.25, 0.3) is 5.91 Å². The number of halogens is 1. The molecule has 1 unspecified atom stereocenters. The van der Waals surface area contributed by atoms with E-state index in [0.717, 1.165) is 12.3 Å². The van der Waals surface area contributed by atoms with Crippen LogP contribution in [0.25, 0.3) is 0 Å². The Morgan fingerprint density at radius 3 is 2.78 bits per heavy atom. The van der Waals surface area contributed by atoms with Gasteiger partial charge in [0, 0.05) is 19.2 Å². The zero-order chi connectivity index (χ0) is 13.5. The Bertz CT molecular complexity index is 420. The second-order valence-corrected chi connectivity index (χ2v) is 4.12. The predicted molar refractivity (Wildman–Crippen MR) is 62.6 cm³/mol. The molecule has 0 aliphatic carbocycles. The molecular formula is C12H15FN2O3. The molecule has 6 heteroatoms. The zero-order valence-electron chi connectivity index (χ0n) is 10.0. The third-order valence-electron chi connectivity index (χ3n) is 2.45. The summed E-state index contributed by atoms with van der Waals surface area (Å²) in [4.78, 5) is 25.4. The van der Waals surface area contributed by atoms with Crippen molar-refractivity contribution in [1.29, 1.82) is 0 Å². The van der Waals surface area contributed by atoms with Crippen molar-refractivity contribution in [3.05, 3.63) is 29.8 Å². The maximum Gasteiger partial charge on any atom is 0.303 e. The molecule has 2 N–H and O–H groups in total. The molecule has 0 aromatic carbocycles. The van der Waals surface area contributed by atoms with Gasteiger partial charge in [0.15, 0.2) is 0 Å². The summed E-state index contributed by atoms with van der Waals surface area (Å²) in [5.74, 6) is -1.76. The number of aliphatic carboxylic acids is 1. The van der Waals surface area contributed by atoms with E-state index >= 15 is 0 Å². The number of nitrogens with zero attached hydrogens (tertiary/aromatic N) is 1. The average Bonchev–Trinajstić information content (AvgIpc) is 2.34. The van der Waals surface area contributed by atoms with Crippen LogP contribution in [0.3, 0.4) is 0 Å². The monoisotopic (exact) mass is 254 g/mol. The van der Waals surface area contributed by atoms with E-state index in [-0.39, 0.29) is 23.8 Å². The third-order valence-corrected chi connectivity index (χ3v) is 2.45. The van der Waals surface area contributed by atoms with E-state index in [9.17, 15) is 14.0 Å². The molecule has 1 atom stereocenters. The minimum Gasteiger partial charge on any atom is -0.481 e. The van der Waals surface area contributed by atoms with E-state index in [4.69, 9.17) is 5.11 Å². The first kappa shape index (κ1) is 14.1. The molecule has 0 fully saturated rings. The smallest absolute Gasteiger partial charge is 0.303 e. The summed E-state index contributed by atoms with van der Waals surface area (Å²) in [6.07, 6.45) is 1.74. The minimum atomic E-state index is -0.851. The molecular weight excluding hydrogens is 239 g/mol. The standard InChI is InChI=1S/C12H15FN2O3/c1-8(2-5-11(16)17)6-15-12(18)9-3-4-10(13)14-7-9/h3-4,7-8H,2,5-6H2,1H3,(H,15,18)(H,16,17). The van der Waals surface area contributed by atoms with Gasteiger partial charge in [-0.25, -0.2) is 4.98 Å². The van der Waals surface area contributed by atoms with Crippen LogP contribution < -0.4 is 5.32 Å². The molecule has 1 aromatic heterocycles. The number of carbonyl (C=O) groups is 2. The number of aromatic nitrogens is 1. The van der Waals surface area contributed by atoms with Gasteiger partial charge in [-0.3, -0.25) is 9.59 Å². The van der Waals surface area contributed by atoms with Crippen molar-refractivity contribution in [2.45, 2.75) is 19.8 Å². The number of pyridine rings is 1. The van der Waals surface area contributed by atoms with Gasteiger partial charge < -0.3 is 10.4 Å². The van der Waals surface area contributed by atoms with E-state index in [1.54, 1.807) is 0 Å². The van der Waals surface area contributed by atoms with Gasteiger partial charge in [-0.2, -0.15) is 4.39 Å². The van der Waals surface area contributed by atoms with Crippen LogP contribution in [0.15, 0.2) is 18.3 Å². The van der Waals surface area contributed by atoms with Gasteiger partial charge in [0.2, 0.25) is 5.95 Å². The number of hydrogen-bond donors (Lipinski definition) is 2. The van der Waals surface area contributed by atoms with Crippen molar-refractivity contribution in [2.24, 2.45) is 5.92 Å². The number of carboxylic acid groups (broad SMARTS) is 1. The summed E-state index contributed by atoms with van der Waals surface area (Å²) in [7, 11) is 0. The van der Waals surface area contributed by atoms with Crippen LogP contribution in [-0.2, 0) is 4.79 Å². The Kier molecular flexibility index (Phi) is 5.23. The van der Waals surface area contributed by atoms with Crippen molar-refractivity contribution < 1.29 is 19.1 Å². The maximum atomic E-state index is 12.5. The largest absolute Gasteiger partial charge is 0.481 e. The SMILES string of the molecule is CC(CCC(=O)O)CNC(=O)c1ccc(F)nc1. The van der Waals surface area contributed by atoms with Crippen LogP contribution in [0.4, 0.5) is 4.39 Å². The maximum absolute atomic E-state index is 12.5. The lowest BCUT2D eigenvalue weighted by Crippen LogP contribution is -2.28. The van der Waals surface area contributed by atoms with Gasteiger partial charge >= 0.3 is 5.97 Å². The summed E-state index contributed by atoms with van der Waals surface area (Å²) in [5.41, 5.74) is 0.279. The van der Waals surface area contributed by atoms with Gasteiger partial charge in [0.1, 0.15) is 0 Å². The van der Waals surface area contributed by atoms with E-state index in [1.807, 2.05) is 6.92 Å². The number of rotatable bonds is 6. The highest BCUT2D eigenvalue weighted by atomic mass is 19.1. The van der Waals surface area contributed by atoms with Crippen LogP contribution in [0.1, 0.15) is 30.1 Å². The lowest BCUT2D eigenvalue weighted by molar-refractivity contribution is -0.137. The van der Waals surface area contributed by atoms with Gasteiger partial charge in [-0.15, -0.1) is 0 Å². The molecule has 1 amide bonds. The van der Waals surface area contributed by atoms with E-state index in [0.29, 0.717) is 13.0 Å². The first-order valence-electron chi connectivity index (χ1n) is 5.60. The number of hydrogen-bond acceptors (Lipinski definition) is 3. The number of carboxylic acids is 1. The summed E-state index contributed by atoms with van der Waals surface area (Å²) >= 11 is 0. The van der Waals surface area contributed by atoms with Crippen molar-refractivity contribution >= 4 is 11.9 Å². The second kappa shape index (κ2) is 6.68. The van der Waals surface area contributed by atoms with E-state index < -0.39 is 11.9 Å². The lowest BCUT2D eigenvalue weighted by Gasteiger charge is -2.11. The lowest BCUT2D eigenvalue weighted by atomic mass is 10.1. The van der Waals surface area contributed by atoms with Crippen LogP contribution in [0.2, 0.25) is 0 Å². The number of carbonyl (C=O) groups excluding carboxylic acids is 1. The van der Waals surface area contributed by atoms with Crippen molar-refractivity contribution in [2.75, 3.05) is 6.54 Å². The molecule has 18 heavy (non-hydrogen) atoms. The predicted octanol–water partition coefficient (Wildman–Crippen LogP) is 1.45. The highest BCUT2D eigenvalue weighted by Gasteiger charge is 2.09. The molecule has 0 saturated heterocycles. The molecule has 0 bridgehead atoms. The van der Waals surface area contributed by atoms with Crippen LogP contribution in [0.5, 0.6) is 0 Å². The summed E-state index contributed by atoms with van der Waals surface area (Å²) in [6.45, 7) is 2.23. The Morgan fingerprint density at radius 2 is 2.22 bits per heavy atom. The van der Waals surface area contributed by atoms with Gasteiger partial charge in [-0.1, -0.05) is 6.92 Å². The molecule has 0 saturated carbocycles. The fourth-order valence-corrected chi connectivity index (χ4v) is 1.35. The molecule has 5 nitrogen and oxygen atoms in total. The quantitative estimate of drug-likeness (QED) is 0.753. The zero-order valence-corrected chi connectivity index (χ0v) is 10.0. The molecule has 0 aliphatic heterocycles. The highest BCUT2D eigenvalue weighted by Crippen LogP contribution is 2.05. The number of nitrogens with one attached hydrogen (secondary N) is 1. The fourth-order valence-electron chi connectivity index (χ4n) is 1.35. The van der Waals surface area contributed by atoms with Crippen LogP contribution in [0, 0.1) is 11.9 Å².